The number of halogens is 1. The maximum Gasteiger partial charge on any atom is 0.145 e. The number of carbonyl (C=O) groups excluding carboxylic acids is 1. The van der Waals surface area contributed by atoms with E-state index in [2.05, 4.69) is 0 Å². The molecule has 0 fully saturated rings. The number of Topliss-reactive ketones (excluding diaryl/α,β-unsaturated/α-hetero) is 1. The summed E-state index contributed by atoms with van der Waals surface area (Å²) in [5.74, 6) is -0.485. The van der Waals surface area contributed by atoms with Crippen LogP contribution in [0.15, 0.2) is 29.2 Å². The first kappa shape index (κ1) is 12.0. The number of rotatable bonds is 5. The lowest BCUT2D eigenvalue weighted by Gasteiger charge is -2.01. The maximum atomic E-state index is 12.8. The Kier molecular flexibility index (Phi) is 4.62. The van der Waals surface area contributed by atoms with Gasteiger partial charge in [0.2, 0.25) is 0 Å². The van der Waals surface area contributed by atoms with Crippen molar-refractivity contribution in [2.75, 3.05) is 5.75 Å². The quantitative estimate of drug-likeness (QED) is 0.775. The van der Waals surface area contributed by atoms with Crippen LogP contribution >= 0.6 is 0 Å². The number of ketones is 1. The summed E-state index contributed by atoms with van der Waals surface area (Å²) in [7, 11) is -1.41. The van der Waals surface area contributed by atoms with E-state index in [-0.39, 0.29) is 11.5 Å². The highest BCUT2D eigenvalue weighted by Gasteiger charge is 2.09. The van der Waals surface area contributed by atoms with Crippen LogP contribution in [0.2, 0.25) is 0 Å². The third-order valence-electron chi connectivity index (χ3n) is 1.88. The zero-order valence-electron chi connectivity index (χ0n) is 8.53. The van der Waals surface area contributed by atoms with Crippen molar-refractivity contribution >= 4 is 16.6 Å². The van der Waals surface area contributed by atoms with Crippen LogP contribution in [0.5, 0.6) is 0 Å². The van der Waals surface area contributed by atoms with Gasteiger partial charge in [-0.15, -0.1) is 0 Å². The minimum atomic E-state index is -1.41. The fourth-order valence-electron chi connectivity index (χ4n) is 1.19. The molecule has 1 rings (SSSR count). The van der Waals surface area contributed by atoms with Crippen LogP contribution in [0.1, 0.15) is 19.8 Å². The van der Waals surface area contributed by atoms with Crippen LogP contribution in [0.25, 0.3) is 0 Å². The van der Waals surface area contributed by atoms with Crippen molar-refractivity contribution in [3.8, 4) is 0 Å². The van der Waals surface area contributed by atoms with Gasteiger partial charge in [0.15, 0.2) is 0 Å². The molecule has 82 valence electrons. The van der Waals surface area contributed by atoms with Crippen LogP contribution in [-0.2, 0) is 15.6 Å². The van der Waals surface area contributed by atoms with E-state index in [1.807, 2.05) is 6.92 Å². The predicted octanol–water partition coefficient (Wildman–Crippen LogP) is 2.30. The molecule has 1 aromatic rings. The van der Waals surface area contributed by atoms with Gasteiger partial charge in [0.05, 0.1) is 16.6 Å². The number of hydrogen-bond donors (Lipinski definition) is 0. The molecule has 4 heteroatoms. The van der Waals surface area contributed by atoms with E-state index in [0.29, 0.717) is 11.3 Å². The highest BCUT2D eigenvalue weighted by atomic mass is 32.2. The van der Waals surface area contributed by atoms with Crippen molar-refractivity contribution in [2.45, 2.75) is 24.7 Å². The van der Waals surface area contributed by atoms with Gasteiger partial charge in [-0.25, -0.2) is 4.39 Å². The lowest BCUT2D eigenvalue weighted by molar-refractivity contribution is -0.116. The molecule has 0 aliphatic heterocycles. The van der Waals surface area contributed by atoms with Crippen molar-refractivity contribution in [2.24, 2.45) is 0 Å². The van der Waals surface area contributed by atoms with Crippen molar-refractivity contribution < 1.29 is 13.4 Å². The van der Waals surface area contributed by atoms with Crippen molar-refractivity contribution in [3.63, 3.8) is 0 Å². The molecule has 0 saturated heterocycles. The second-order valence-electron chi connectivity index (χ2n) is 3.24. The van der Waals surface area contributed by atoms with Gasteiger partial charge in [-0.1, -0.05) is 13.0 Å². The van der Waals surface area contributed by atoms with E-state index >= 15 is 0 Å². The van der Waals surface area contributed by atoms with E-state index in [1.54, 1.807) is 6.07 Å². The van der Waals surface area contributed by atoms with E-state index in [4.69, 9.17) is 0 Å². The molecule has 0 aliphatic rings. The lowest BCUT2D eigenvalue weighted by Crippen LogP contribution is -2.10. The lowest BCUT2D eigenvalue weighted by atomic mass is 10.3. The molecule has 0 aliphatic carbocycles. The van der Waals surface area contributed by atoms with Crippen LogP contribution in [-0.4, -0.2) is 15.7 Å². The third kappa shape index (κ3) is 3.91. The SMILES string of the molecule is CCCC(=O)CS(=O)c1cccc(F)c1. The summed E-state index contributed by atoms with van der Waals surface area (Å²) in [6, 6.07) is 5.55. The first-order valence-electron chi connectivity index (χ1n) is 4.79. The molecule has 1 aromatic carbocycles. The van der Waals surface area contributed by atoms with Gasteiger partial charge in [-0.3, -0.25) is 9.00 Å². The average Bonchev–Trinajstić information content (AvgIpc) is 2.18. The molecule has 0 amide bonds. The Hall–Kier alpha value is -1.03. The summed E-state index contributed by atoms with van der Waals surface area (Å²) in [5, 5.41) is 0. The molecule has 15 heavy (non-hydrogen) atoms. The Bertz CT molecular complexity index is 377. The van der Waals surface area contributed by atoms with Crippen LogP contribution in [0.3, 0.4) is 0 Å². The summed E-state index contributed by atoms with van der Waals surface area (Å²) in [6.07, 6.45) is 1.18. The fourth-order valence-corrected chi connectivity index (χ4v) is 2.27. The van der Waals surface area contributed by atoms with Crippen LogP contribution in [0.4, 0.5) is 4.39 Å². The average molecular weight is 228 g/mol. The second-order valence-corrected chi connectivity index (χ2v) is 4.69. The first-order valence-corrected chi connectivity index (χ1v) is 6.11. The molecular formula is C11H13FO2S. The summed E-state index contributed by atoms with van der Waals surface area (Å²) in [6.45, 7) is 1.89. The summed E-state index contributed by atoms with van der Waals surface area (Å²) in [5.41, 5.74) is 0. The largest absolute Gasteiger partial charge is 0.299 e. The normalized spacial score (nSPS) is 12.4. The highest BCUT2D eigenvalue weighted by Crippen LogP contribution is 2.09. The molecular weight excluding hydrogens is 215 g/mol. The topological polar surface area (TPSA) is 34.1 Å². The Morgan fingerprint density at radius 1 is 1.47 bits per heavy atom. The fraction of sp³-hybridized carbons (Fsp3) is 0.364. The molecule has 0 N–H and O–H groups in total. The van der Waals surface area contributed by atoms with Crippen LogP contribution < -0.4 is 0 Å². The molecule has 0 saturated carbocycles. The predicted molar refractivity (Wildman–Crippen MR) is 57.6 cm³/mol. The summed E-state index contributed by atoms with van der Waals surface area (Å²) >= 11 is 0. The Balaban J connectivity index is 2.65. The Morgan fingerprint density at radius 2 is 2.20 bits per heavy atom. The summed E-state index contributed by atoms with van der Waals surface area (Å²) < 4.78 is 24.4. The van der Waals surface area contributed by atoms with Gasteiger partial charge in [0, 0.05) is 11.3 Å². The van der Waals surface area contributed by atoms with E-state index < -0.39 is 16.6 Å². The molecule has 0 heterocycles. The molecule has 0 aromatic heterocycles. The van der Waals surface area contributed by atoms with E-state index in [1.165, 1.54) is 18.2 Å². The first-order chi connectivity index (χ1) is 7.13. The van der Waals surface area contributed by atoms with Gasteiger partial charge in [-0.2, -0.15) is 0 Å². The number of benzene rings is 1. The van der Waals surface area contributed by atoms with E-state index in [9.17, 15) is 13.4 Å². The monoisotopic (exact) mass is 228 g/mol. The smallest absolute Gasteiger partial charge is 0.145 e. The minimum absolute atomic E-state index is 0.0166. The molecule has 1 unspecified atom stereocenters. The van der Waals surface area contributed by atoms with Gasteiger partial charge < -0.3 is 0 Å². The number of hydrogen-bond acceptors (Lipinski definition) is 2. The van der Waals surface area contributed by atoms with E-state index in [0.717, 1.165) is 6.42 Å². The molecule has 0 spiro atoms. The third-order valence-corrected chi connectivity index (χ3v) is 3.24. The van der Waals surface area contributed by atoms with Gasteiger partial charge >= 0.3 is 0 Å². The van der Waals surface area contributed by atoms with Gasteiger partial charge in [0.25, 0.3) is 0 Å². The van der Waals surface area contributed by atoms with Gasteiger partial charge in [0.1, 0.15) is 11.6 Å². The van der Waals surface area contributed by atoms with Crippen LogP contribution in [0, 0.1) is 5.82 Å². The Labute approximate surface area is 91.0 Å². The molecule has 1 atom stereocenters. The zero-order chi connectivity index (χ0) is 11.3. The standard InChI is InChI=1S/C11H13FO2S/c1-2-4-10(13)8-15(14)11-6-3-5-9(12)7-11/h3,5-7H,2,4,8H2,1H3. The minimum Gasteiger partial charge on any atom is -0.299 e. The molecule has 0 radical (unpaired) electrons. The molecule has 2 nitrogen and oxygen atoms in total. The van der Waals surface area contributed by atoms with Crippen molar-refractivity contribution in [1.29, 1.82) is 0 Å². The maximum absolute atomic E-state index is 12.8. The second kappa shape index (κ2) is 5.75. The number of carbonyl (C=O) groups is 1. The zero-order valence-corrected chi connectivity index (χ0v) is 9.35. The molecule has 0 bridgehead atoms. The van der Waals surface area contributed by atoms with Crippen molar-refractivity contribution in [3.05, 3.63) is 30.1 Å². The highest BCUT2D eigenvalue weighted by molar-refractivity contribution is 7.85. The Morgan fingerprint density at radius 3 is 2.80 bits per heavy atom. The van der Waals surface area contributed by atoms with Crippen molar-refractivity contribution in [1.82, 2.24) is 0 Å². The van der Waals surface area contributed by atoms with Gasteiger partial charge in [-0.05, 0) is 24.6 Å². The summed E-state index contributed by atoms with van der Waals surface area (Å²) in [4.78, 5) is 11.6.